The largest absolute Gasteiger partial charge is 0.467 e. The molecule has 0 spiro atoms. The molecule has 0 fully saturated rings. The van der Waals surface area contributed by atoms with Crippen molar-refractivity contribution < 1.29 is 19.1 Å². The van der Waals surface area contributed by atoms with Gasteiger partial charge in [0.2, 0.25) is 0 Å². The number of hydrogen-bond donors (Lipinski definition) is 2. The molecule has 1 unspecified atom stereocenters. The van der Waals surface area contributed by atoms with E-state index >= 15 is 0 Å². The number of aliphatic hydroxyl groups is 1. The van der Waals surface area contributed by atoms with E-state index in [9.17, 15) is 9.90 Å². The van der Waals surface area contributed by atoms with E-state index in [4.69, 9.17) is 9.15 Å². The predicted molar refractivity (Wildman–Crippen MR) is 67.1 cm³/mol. The molecule has 0 aromatic carbocycles. The van der Waals surface area contributed by atoms with E-state index in [2.05, 4.69) is 5.32 Å². The molecule has 5 nitrogen and oxygen atoms in total. The summed E-state index contributed by atoms with van der Waals surface area (Å²) >= 11 is 0. The van der Waals surface area contributed by atoms with Gasteiger partial charge in [-0.15, -0.1) is 0 Å². The fourth-order valence-corrected chi connectivity index (χ4v) is 1.50. The van der Waals surface area contributed by atoms with Gasteiger partial charge in [-0.25, -0.2) is 4.79 Å². The summed E-state index contributed by atoms with van der Waals surface area (Å²) in [5.74, 6) is 0.436. The Hall–Kier alpha value is -1.49. The average Bonchev–Trinajstić information content (AvgIpc) is 2.75. The molecule has 1 amide bonds. The number of amides is 1. The van der Waals surface area contributed by atoms with Gasteiger partial charge >= 0.3 is 6.09 Å². The summed E-state index contributed by atoms with van der Waals surface area (Å²) in [6.07, 6.45) is 1.01. The van der Waals surface area contributed by atoms with Crippen molar-refractivity contribution in [2.75, 3.05) is 6.61 Å². The first-order chi connectivity index (χ1) is 8.33. The Morgan fingerprint density at radius 3 is 2.67 bits per heavy atom. The quantitative estimate of drug-likeness (QED) is 0.867. The zero-order chi connectivity index (χ0) is 13.8. The first-order valence-electron chi connectivity index (χ1n) is 5.97. The van der Waals surface area contributed by atoms with Crippen LogP contribution in [0.1, 0.15) is 39.5 Å². The maximum Gasteiger partial charge on any atom is 0.408 e. The average molecular weight is 255 g/mol. The SMILES string of the molecule is CC(CO)[C@H](NC(=O)OC(C)(C)C)c1ccco1. The monoisotopic (exact) mass is 255 g/mol. The Morgan fingerprint density at radius 2 is 2.22 bits per heavy atom. The highest BCUT2D eigenvalue weighted by Gasteiger charge is 2.26. The summed E-state index contributed by atoms with van der Waals surface area (Å²) in [4.78, 5) is 11.7. The van der Waals surface area contributed by atoms with Gasteiger partial charge in [-0.1, -0.05) is 6.92 Å². The second-order valence-electron chi connectivity index (χ2n) is 5.30. The summed E-state index contributed by atoms with van der Waals surface area (Å²) in [5, 5.41) is 11.9. The van der Waals surface area contributed by atoms with Gasteiger partial charge in [0.25, 0.3) is 0 Å². The Bertz CT molecular complexity index is 367. The number of carbonyl (C=O) groups is 1. The summed E-state index contributed by atoms with van der Waals surface area (Å²) in [7, 11) is 0. The normalized spacial score (nSPS) is 14.9. The molecule has 18 heavy (non-hydrogen) atoms. The van der Waals surface area contributed by atoms with Crippen LogP contribution < -0.4 is 5.32 Å². The lowest BCUT2D eigenvalue weighted by atomic mass is 10.0. The molecule has 5 heteroatoms. The fourth-order valence-electron chi connectivity index (χ4n) is 1.50. The standard InChI is InChI=1S/C13H21NO4/c1-9(8-15)11(10-6-5-7-17-10)14-12(16)18-13(2,3)4/h5-7,9,11,15H,8H2,1-4H3,(H,14,16)/t9?,11-/m0/s1. The number of aliphatic hydroxyl groups excluding tert-OH is 1. The van der Waals surface area contributed by atoms with Gasteiger partial charge in [0, 0.05) is 12.5 Å². The van der Waals surface area contributed by atoms with Crippen molar-refractivity contribution in [3.8, 4) is 0 Å². The van der Waals surface area contributed by atoms with Gasteiger partial charge in [-0.05, 0) is 32.9 Å². The van der Waals surface area contributed by atoms with Gasteiger partial charge in [-0.3, -0.25) is 0 Å². The van der Waals surface area contributed by atoms with E-state index < -0.39 is 17.7 Å². The van der Waals surface area contributed by atoms with Crippen LogP contribution in [-0.2, 0) is 4.74 Å². The fraction of sp³-hybridized carbons (Fsp3) is 0.615. The van der Waals surface area contributed by atoms with Crippen LogP contribution in [0.3, 0.4) is 0 Å². The van der Waals surface area contributed by atoms with Crippen molar-refractivity contribution in [3.05, 3.63) is 24.2 Å². The number of ether oxygens (including phenoxy) is 1. The summed E-state index contributed by atoms with van der Waals surface area (Å²) in [5.41, 5.74) is -0.555. The Balaban J connectivity index is 2.71. The van der Waals surface area contributed by atoms with Crippen molar-refractivity contribution in [2.24, 2.45) is 5.92 Å². The van der Waals surface area contributed by atoms with Gasteiger partial charge in [-0.2, -0.15) is 0 Å². The number of furan rings is 1. The molecule has 0 saturated heterocycles. The van der Waals surface area contributed by atoms with E-state index in [0.717, 1.165) is 0 Å². The van der Waals surface area contributed by atoms with E-state index in [-0.39, 0.29) is 12.5 Å². The zero-order valence-electron chi connectivity index (χ0n) is 11.3. The Labute approximate surface area is 107 Å². The van der Waals surface area contributed by atoms with E-state index in [1.165, 1.54) is 6.26 Å². The second-order valence-corrected chi connectivity index (χ2v) is 5.30. The van der Waals surface area contributed by atoms with Crippen molar-refractivity contribution in [1.29, 1.82) is 0 Å². The highest BCUT2D eigenvalue weighted by molar-refractivity contribution is 5.68. The van der Waals surface area contributed by atoms with Crippen LogP contribution in [0, 0.1) is 5.92 Å². The van der Waals surface area contributed by atoms with Gasteiger partial charge in [0.15, 0.2) is 0 Å². The van der Waals surface area contributed by atoms with E-state index in [0.29, 0.717) is 5.76 Å². The third-order valence-electron chi connectivity index (χ3n) is 2.38. The predicted octanol–water partition coefficient (Wildman–Crippen LogP) is 2.47. The van der Waals surface area contributed by atoms with Crippen LogP contribution in [0.2, 0.25) is 0 Å². The molecular formula is C13H21NO4. The number of nitrogens with one attached hydrogen (secondary N) is 1. The molecule has 1 aromatic rings. The van der Waals surface area contributed by atoms with Crippen molar-refractivity contribution in [1.82, 2.24) is 5.32 Å². The van der Waals surface area contributed by atoms with Crippen molar-refractivity contribution in [3.63, 3.8) is 0 Å². The van der Waals surface area contributed by atoms with E-state index in [1.54, 1.807) is 32.9 Å². The molecule has 0 aliphatic carbocycles. The zero-order valence-corrected chi connectivity index (χ0v) is 11.3. The first kappa shape index (κ1) is 14.6. The van der Waals surface area contributed by atoms with Crippen molar-refractivity contribution >= 4 is 6.09 Å². The topological polar surface area (TPSA) is 71.7 Å². The molecule has 1 heterocycles. The molecular weight excluding hydrogens is 234 g/mol. The highest BCUT2D eigenvalue weighted by atomic mass is 16.6. The van der Waals surface area contributed by atoms with Crippen LogP contribution in [0.15, 0.2) is 22.8 Å². The number of rotatable bonds is 4. The molecule has 1 rings (SSSR count). The molecule has 1 aromatic heterocycles. The third-order valence-corrected chi connectivity index (χ3v) is 2.38. The smallest absolute Gasteiger partial charge is 0.408 e. The molecule has 2 N–H and O–H groups in total. The Kier molecular flexibility index (Phi) is 4.78. The third kappa shape index (κ3) is 4.41. The van der Waals surface area contributed by atoms with Gasteiger partial charge in [0.1, 0.15) is 11.4 Å². The molecule has 0 radical (unpaired) electrons. The van der Waals surface area contributed by atoms with Crippen LogP contribution in [0.25, 0.3) is 0 Å². The number of carbonyl (C=O) groups excluding carboxylic acids is 1. The lowest BCUT2D eigenvalue weighted by Gasteiger charge is -2.25. The maximum atomic E-state index is 11.7. The summed E-state index contributed by atoms with van der Waals surface area (Å²) in [6, 6.07) is 3.09. The molecule has 2 atom stereocenters. The first-order valence-corrected chi connectivity index (χ1v) is 5.97. The summed E-state index contributed by atoms with van der Waals surface area (Å²) in [6.45, 7) is 7.16. The molecule has 0 aliphatic rings. The lowest BCUT2D eigenvalue weighted by molar-refractivity contribution is 0.0464. The number of hydrogen-bond acceptors (Lipinski definition) is 4. The lowest BCUT2D eigenvalue weighted by Crippen LogP contribution is -2.37. The van der Waals surface area contributed by atoms with Crippen LogP contribution in [0.4, 0.5) is 4.79 Å². The second kappa shape index (κ2) is 5.91. The van der Waals surface area contributed by atoms with Crippen LogP contribution >= 0.6 is 0 Å². The highest BCUT2D eigenvalue weighted by Crippen LogP contribution is 2.22. The minimum atomic E-state index is -0.555. The van der Waals surface area contributed by atoms with Crippen LogP contribution in [0.5, 0.6) is 0 Å². The molecule has 0 aliphatic heterocycles. The minimum absolute atomic E-state index is 0.0544. The van der Waals surface area contributed by atoms with E-state index in [1.807, 2.05) is 6.92 Å². The Morgan fingerprint density at radius 1 is 1.56 bits per heavy atom. The number of alkyl carbamates (subject to hydrolysis) is 1. The van der Waals surface area contributed by atoms with Crippen LogP contribution in [-0.4, -0.2) is 23.4 Å². The minimum Gasteiger partial charge on any atom is -0.467 e. The maximum absolute atomic E-state index is 11.7. The van der Waals surface area contributed by atoms with Gasteiger partial charge < -0.3 is 19.6 Å². The van der Waals surface area contributed by atoms with Gasteiger partial charge in [0.05, 0.1) is 12.3 Å². The molecule has 0 bridgehead atoms. The van der Waals surface area contributed by atoms with Crippen molar-refractivity contribution in [2.45, 2.75) is 39.3 Å². The molecule has 102 valence electrons. The molecule has 0 saturated carbocycles. The summed E-state index contributed by atoms with van der Waals surface area (Å²) < 4.78 is 10.5.